The van der Waals surface area contributed by atoms with Crippen molar-refractivity contribution in [1.29, 1.82) is 0 Å². The zero-order valence-corrected chi connectivity index (χ0v) is 7.68. The van der Waals surface area contributed by atoms with Gasteiger partial charge in [-0.15, -0.1) is 0 Å². The molecule has 0 radical (unpaired) electrons. The van der Waals surface area contributed by atoms with Gasteiger partial charge in [0.1, 0.15) is 5.78 Å². The smallest absolute Gasteiger partial charge is 0.140 e. The van der Waals surface area contributed by atoms with Crippen LogP contribution in [0.1, 0.15) is 32.6 Å². The summed E-state index contributed by atoms with van der Waals surface area (Å²) >= 11 is 0. The number of hydrogen-bond donors (Lipinski definition) is 0. The fraction of sp³-hybridized carbons (Fsp3) is 0.727. The minimum absolute atomic E-state index is 0.440. The van der Waals surface area contributed by atoms with E-state index in [0.29, 0.717) is 18.1 Å². The van der Waals surface area contributed by atoms with Gasteiger partial charge >= 0.3 is 0 Å². The van der Waals surface area contributed by atoms with Crippen molar-refractivity contribution in [3.05, 3.63) is 12.2 Å². The summed E-state index contributed by atoms with van der Waals surface area (Å²) in [6.45, 7) is 5.72. The zero-order valence-electron chi connectivity index (χ0n) is 7.68. The maximum atomic E-state index is 11.6. The molecule has 2 fully saturated rings. The van der Waals surface area contributed by atoms with E-state index in [1.165, 1.54) is 19.3 Å². The number of carbonyl (C=O) groups is 1. The summed E-state index contributed by atoms with van der Waals surface area (Å²) in [6.07, 6.45) is 4.58. The van der Waals surface area contributed by atoms with Crippen molar-refractivity contribution >= 4 is 5.78 Å². The van der Waals surface area contributed by atoms with E-state index in [9.17, 15) is 4.79 Å². The molecule has 0 spiro atoms. The summed E-state index contributed by atoms with van der Waals surface area (Å²) in [5, 5.41) is 0. The highest BCUT2D eigenvalue weighted by atomic mass is 16.1. The topological polar surface area (TPSA) is 17.1 Å². The second-order valence-corrected chi connectivity index (χ2v) is 4.38. The van der Waals surface area contributed by atoms with Gasteiger partial charge in [0.05, 0.1) is 0 Å². The Labute approximate surface area is 73.8 Å². The molecule has 0 amide bonds. The highest BCUT2D eigenvalue weighted by Crippen LogP contribution is 2.58. The molecule has 0 aromatic carbocycles. The van der Waals surface area contributed by atoms with Gasteiger partial charge in [0.15, 0.2) is 0 Å². The maximum absolute atomic E-state index is 11.6. The third-order valence-corrected chi connectivity index (χ3v) is 3.25. The third kappa shape index (κ3) is 1.21. The molecule has 2 unspecified atom stereocenters. The average Bonchev–Trinajstić information content (AvgIpc) is 2.45. The molecule has 0 aromatic rings. The summed E-state index contributed by atoms with van der Waals surface area (Å²) < 4.78 is 0. The molecule has 12 heavy (non-hydrogen) atoms. The van der Waals surface area contributed by atoms with Crippen molar-refractivity contribution < 1.29 is 4.79 Å². The molecule has 66 valence electrons. The average molecular weight is 164 g/mol. The van der Waals surface area contributed by atoms with E-state index in [0.717, 1.165) is 17.4 Å². The van der Waals surface area contributed by atoms with Gasteiger partial charge in [-0.25, -0.2) is 0 Å². The van der Waals surface area contributed by atoms with Gasteiger partial charge in [0.25, 0.3) is 0 Å². The van der Waals surface area contributed by atoms with E-state index < -0.39 is 0 Å². The Morgan fingerprint density at radius 3 is 2.50 bits per heavy atom. The number of ketones is 1. The second-order valence-electron chi connectivity index (χ2n) is 4.38. The Kier molecular flexibility index (Phi) is 1.82. The van der Waals surface area contributed by atoms with Crippen LogP contribution >= 0.6 is 0 Å². The Bertz CT molecular complexity index is 219. The summed E-state index contributed by atoms with van der Waals surface area (Å²) in [6, 6.07) is 0. The number of rotatable bonds is 3. The van der Waals surface area contributed by atoms with Crippen molar-refractivity contribution in [2.75, 3.05) is 0 Å². The van der Waals surface area contributed by atoms with E-state index in [2.05, 4.69) is 6.58 Å². The first-order valence-electron chi connectivity index (χ1n) is 4.87. The van der Waals surface area contributed by atoms with Crippen molar-refractivity contribution in [2.24, 2.45) is 17.8 Å². The molecular formula is C11H16O. The van der Waals surface area contributed by atoms with Gasteiger partial charge in [-0.2, -0.15) is 0 Å². The normalized spacial score (nSPS) is 37.6. The van der Waals surface area contributed by atoms with Crippen molar-refractivity contribution in [2.45, 2.75) is 32.6 Å². The molecule has 1 heteroatoms. The standard InChI is InChI=1S/C11H16O/c1-7(2)6-10(12)11-8-4-3-5-9(8)11/h8-9,11H,1,3-6H2,2H3. The zero-order chi connectivity index (χ0) is 8.72. The van der Waals surface area contributed by atoms with Crippen LogP contribution in [0.4, 0.5) is 0 Å². The van der Waals surface area contributed by atoms with Gasteiger partial charge in [-0.1, -0.05) is 18.6 Å². The number of hydrogen-bond acceptors (Lipinski definition) is 1. The Balaban J connectivity index is 1.88. The molecule has 1 nitrogen and oxygen atoms in total. The first-order valence-corrected chi connectivity index (χ1v) is 4.87. The van der Waals surface area contributed by atoms with Gasteiger partial charge in [-0.3, -0.25) is 4.79 Å². The van der Waals surface area contributed by atoms with Crippen LogP contribution in [-0.4, -0.2) is 5.78 Å². The highest BCUT2D eigenvalue weighted by Gasteiger charge is 2.55. The molecule has 2 atom stereocenters. The molecule has 2 aliphatic rings. The SMILES string of the molecule is C=C(C)CC(=O)C1C2CCCC21. The van der Waals surface area contributed by atoms with Crippen LogP contribution < -0.4 is 0 Å². The van der Waals surface area contributed by atoms with E-state index in [4.69, 9.17) is 0 Å². The van der Waals surface area contributed by atoms with E-state index >= 15 is 0 Å². The molecule has 2 rings (SSSR count). The van der Waals surface area contributed by atoms with E-state index in [-0.39, 0.29) is 0 Å². The first kappa shape index (κ1) is 8.03. The van der Waals surface area contributed by atoms with Crippen LogP contribution in [0, 0.1) is 17.8 Å². The predicted molar refractivity (Wildman–Crippen MR) is 48.8 cm³/mol. The van der Waals surface area contributed by atoms with E-state index in [1.807, 2.05) is 6.92 Å². The molecule has 0 aromatic heterocycles. The molecule has 0 aliphatic heterocycles. The molecule has 0 saturated heterocycles. The largest absolute Gasteiger partial charge is 0.299 e. The quantitative estimate of drug-likeness (QED) is 0.586. The lowest BCUT2D eigenvalue weighted by Gasteiger charge is -2.01. The number of fused-ring (bicyclic) bond motifs is 1. The minimum Gasteiger partial charge on any atom is -0.299 e. The lowest BCUT2D eigenvalue weighted by molar-refractivity contribution is -0.120. The third-order valence-electron chi connectivity index (χ3n) is 3.25. The van der Waals surface area contributed by atoms with Crippen LogP contribution in [0.5, 0.6) is 0 Å². The van der Waals surface area contributed by atoms with Crippen molar-refractivity contribution in [3.63, 3.8) is 0 Å². The van der Waals surface area contributed by atoms with E-state index in [1.54, 1.807) is 0 Å². The molecule has 2 aliphatic carbocycles. The van der Waals surface area contributed by atoms with Crippen LogP contribution in [0.15, 0.2) is 12.2 Å². The lowest BCUT2D eigenvalue weighted by Crippen LogP contribution is -2.05. The fourth-order valence-electron chi connectivity index (χ4n) is 2.71. The first-order chi connectivity index (χ1) is 5.70. The van der Waals surface area contributed by atoms with Crippen LogP contribution in [0.25, 0.3) is 0 Å². The molecule has 2 saturated carbocycles. The second kappa shape index (κ2) is 2.72. The summed E-state index contributed by atoms with van der Waals surface area (Å²) in [7, 11) is 0. The van der Waals surface area contributed by atoms with Gasteiger partial charge in [-0.05, 0) is 31.6 Å². The monoisotopic (exact) mass is 164 g/mol. The lowest BCUT2D eigenvalue weighted by atomic mass is 10.0. The Morgan fingerprint density at radius 1 is 1.42 bits per heavy atom. The van der Waals surface area contributed by atoms with Gasteiger partial charge < -0.3 is 0 Å². The van der Waals surface area contributed by atoms with Gasteiger partial charge in [0.2, 0.25) is 0 Å². The molecular weight excluding hydrogens is 148 g/mol. The number of Topliss-reactive ketones (excluding diaryl/α,β-unsaturated/α-hetero) is 1. The van der Waals surface area contributed by atoms with Crippen LogP contribution in [0.3, 0.4) is 0 Å². The summed E-state index contributed by atoms with van der Waals surface area (Å²) in [5.74, 6) is 2.45. The van der Waals surface area contributed by atoms with Crippen LogP contribution in [0.2, 0.25) is 0 Å². The van der Waals surface area contributed by atoms with Crippen LogP contribution in [-0.2, 0) is 4.79 Å². The molecule has 0 N–H and O–H groups in total. The Morgan fingerprint density at radius 2 is 2.00 bits per heavy atom. The minimum atomic E-state index is 0.440. The number of allylic oxidation sites excluding steroid dienone is 1. The molecule has 0 bridgehead atoms. The van der Waals surface area contributed by atoms with Gasteiger partial charge in [0, 0.05) is 12.3 Å². The van der Waals surface area contributed by atoms with Crippen molar-refractivity contribution in [1.82, 2.24) is 0 Å². The number of carbonyl (C=O) groups excluding carboxylic acids is 1. The maximum Gasteiger partial charge on any atom is 0.140 e. The summed E-state index contributed by atoms with van der Waals surface area (Å²) in [5.41, 5.74) is 1.02. The highest BCUT2D eigenvalue weighted by molar-refractivity contribution is 5.86. The Hall–Kier alpha value is -0.590. The van der Waals surface area contributed by atoms with Crippen molar-refractivity contribution in [3.8, 4) is 0 Å². The summed E-state index contributed by atoms with van der Waals surface area (Å²) in [4.78, 5) is 11.6. The predicted octanol–water partition coefficient (Wildman–Crippen LogP) is 2.57. The molecule has 0 heterocycles. The fourth-order valence-corrected chi connectivity index (χ4v) is 2.71.